The first-order valence-electron chi connectivity index (χ1n) is 13.8. The molecule has 5 rings (SSSR count). The highest BCUT2D eigenvalue weighted by Gasteiger charge is 2.48. The zero-order chi connectivity index (χ0) is 30.1. The molecule has 2 aliphatic rings. The number of hydrogen-bond donors (Lipinski definition) is 1. The standard InChI is InChI=1S/C32H31F4N3O3/c1-38-20-25(21-8-4-2-5-9-21)31(19-27(38)40)14-16-39(17-15-31)30(42)28(22-10-6-3-7-11-22)37-29(41)24-18-23(32(34,35)36)12-13-26(24)33/h2-13,18,25,28H,14-17,19-20H2,1H3,(H,37,41)/t25?,28-/m1/s1. The van der Waals surface area contributed by atoms with Crippen LogP contribution in [0.15, 0.2) is 78.9 Å². The maximum absolute atomic E-state index is 14.5. The van der Waals surface area contributed by atoms with Gasteiger partial charge in [-0.3, -0.25) is 14.4 Å². The third kappa shape index (κ3) is 5.89. The maximum atomic E-state index is 14.5. The average Bonchev–Trinajstić information content (AvgIpc) is 2.98. The van der Waals surface area contributed by atoms with E-state index in [1.54, 1.807) is 47.2 Å². The third-order valence-corrected chi connectivity index (χ3v) is 8.59. The number of likely N-dealkylation sites (tertiary alicyclic amines) is 2. The molecule has 1 spiro atoms. The molecular weight excluding hydrogens is 550 g/mol. The first-order valence-corrected chi connectivity index (χ1v) is 13.8. The topological polar surface area (TPSA) is 69.7 Å². The van der Waals surface area contributed by atoms with Gasteiger partial charge in [-0.1, -0.05) is 60.7 Å². The van der Waals surface area contributed by atoms with E-state index in [4.69, 9.17) is 0 Å². The summed E-state index contributed by atoms with van der Waals surface area (Å²) in [5.74, 6) is -2.56. The fourth-order valence-electron chi connectivity index (χ4n) is 6.17. The van der Waals surface area contributed by atoms with Crippen molar-refractivity contribution in [2.75, 3.05) is 26.7 Å². The van der Waals surface area contributed by atoms with Gasteiger partial charge in [0.05, 0.1) is 11.1 Å². The molecule has 1 unspecified atom stereocenters. The number of amides is 3. The van der Waals surface area contributed by atoms with Crippen molar-refractivity contribution in [3.05, 3.63) is 107 Å². The zero-order valence-electron chi connectivity index (χ0n) is 23.0. The normalized spacial score (nSPS) is 19.5. The van der Waals surface area contributed by atoms with E-state index in [2.05, 4.69) is 17.4 Å². The summed E-state index contributed by atoms with van der Waals surface area (Å²) in [5, 5.41) is 2.49. The maximum Gasteiger partial charge on any atom is 0.416 e. The lowest BCUT2D eigenvalue weighted by atomic mass is 9.62. The minimum atomic E-state index is -4.77. The zero-order valence-corrected chi connectivity index (χ0v) is 23.0. The van der Waals surface area contributed by atoms with Gasteiger partial charge < -0.3 is 15.1 Å². The molecule has 2 fully saturated rings. The molecule has 0 radical (unpaired) electrons. The number of benzene rings is 3. The number of likely N-dealkylation sites (N-methyl/N-ethyl adjacent to an activating group) is 1. The van der Waals surface area contributed by atoms with Gasteiger partial charge in [0, 0.05) is 39.0 Å². The summed E-state index contributed by atoms with van der Waals surface area (Å²) in [6.45, 7) is 1.23. The van der Waals surface area contributed by atoms with Crippen molar-refractivity contribution in [1.29, 1.82) is 0 Å². The Labute approximate surface area is 241 Å². The largest absolute Gasteiger partial charge is 0.416 e. The number of alkyl halides is 3. The van der Waals surface area contributed by atoms with Gasteiger partial charge in [-0.05, 0) is 47.6 Å². The van der Waals surface area contributed by atoms with Crippen LogP contribution >= 0.6 is 0 Å². The van der Waals surface area contributed by atoms with Crippen LogP contribution in [0.4, 0.5) is 17.6 Å². The van der Waals surface area contributed by atoms with E-state index in [0.29, 0.717) is 62.7 Å². The van der Waals surface area contributed by atoms with Gasteiger partial charge in [-0.15, -0.1) is 0 Å². The van der Waals surface area contributed by atoms with Crippen LogP contribution in [0.3, 0.4) is 0 Å². The molecule has 6 nitrogen and oxygen atoms in total. The van der Waals surface area contributed by atoms with E-state index in [9.17, 15) is 31.9 Å². The van der Waals surface area contributed by atoms with E-state index >= 15 is 0 Å². The van der Waals surface area contributed by atoms with Crippen LogP contribution in [0.2, 0.25) is 0 Å². The molecule has 2 aliphatic heterocycles. The van der Waals surface area contributed by atoms with Gasteiger partial charge in [-0.25, -0.2) is 4.39 Å². The Morgan fingerprint density at radius 1 is 0.952 bits per heavy atom. The molecule has 10 heteroatoms. The molecule has 0 aliphatic carbocycles. The van der Waals surface area contributed by atoms with Crippen LogP contribution in [-0.2, 0) is 15.8 Å². The molecule has 0 bridgehead atoms. The second kappa shape index (κ2) is 11.6. The first-order chi connectivity index (χ1) is 20.0. The molecule has 0 aromatic heterocycles. The van der Waals surface area contributed by atoms with Crippen molar-refractivity contribution < 1.29 is 31.9 Å². The molecule has 2 saturated heterocycles. The molecular formula is C32H31F4N3O3. The Morgan fingerprint density at radius 2 is 1.57 bits per heavy atom. The van der Waals surface area contributed by atoms with Crippen molar-refractivity contribution in [3.8, 4) is 0 Å². The van der Waals surface area contributed by atoms with Crippen LogP contribution in [0.1, 0.15) is 58.3 Å². The van der Waals surface area contributed by atoms with Gasteiger partial charge in [-0.2, -0.15) is 13.2 Å². The van der Waals surface area contributed by atoms with Crippen LogP contribution in [0.25, 0.3) is 0 Å². The Kier molecular flexibility index (Phi) is 8.08. The lowest BCUT2D eigenvalue weighted by Gasteiger charge is -2.51. The summed E-state index contributed by atoms with van der Waals surface area (Å²) in [5.41, 5.74) is -0.756. The van der Waals surface area contributed by atoms with Crippen molar-refractivity contribution >= 4 is 17.7 Å². The Morgan fingerprint density at radius 3 is 2.19 bits per heavy atom. The van der Waals surface area contributed by atoms with Crippen LogP contribution in [0, 0.1) is 11.2 Å². The number of halogens is 4. The van der Waals surface area contributed by atoms with Gasteiger partial charge in [0.1, 0.15) is 11.9 Å². The third-order valence-electron chi connectivity index (χ3n) is 8.59. The number of nitrogens with one attached hydrogen (secondary N) is 1. The molecule has 3 aromatic rings. The van der Waals surface area contributed by atoms with Crippen LogP contribution < -0.4 is 5.32 Å². The molecule has 3 aromatic carbocycles. The van der Waals surface area contributed by atoms with E-state index in [0.717, 1.165) is 5.56 Å². The predicted molar refractivity (Wildman–Crippen MR) is 148 cm³/mol. The van der Waals surface area contributed by atoms with E-state index in [1.165, 1.54) is 0 Å². The molecule has 42 heavy (non-hydrogen) atoms. The van der Waals surface area contributed by atoms with Crippen LogP contribution in [-0.4, -0.2) is 54.2 Å². The molecule has 220 valence electrons. The second-order valence-electron chi connectivity index (χ2n) is 11.1. The lowest BCUT2D eigenvalue weighted by Crippen LogP contribution is -2.54. The minimum absolute atomic E-state index is 0.0551. The summed E-state index contributed by atoms with van der Waals surface area (Å²) in [7, 11) is 1.80. The Hall–Kier alpha value is -4.21. The predicted octanol–water partition coefficient (Wildman–Crippen LogP) is 5.57. The molecule has 2 heterocycles. The summed E-state index contributed by atoms with van der Waals surface area (Å²) in [6, 6.07) is 18.7. The highest BCUT2D eigenvalue weighted by atomic mass is 19.4. The van der Waals surface area contributed by atoms with Gasteiger partial charge in [0.2, 0.25) is 11.8 Å². The van der Waals surface area contributed by atoms with Gasteiger partial charge in [0.25, 0.3) is 5.91 Å². The Bertz CT molecular complexity index is 1450. The monoisotopic (exact) mass is 581 g/mol. The summed E-state index contributed by atoms with van der Waals surface area (Å²) >= 11 is 0. The van der Waals surface area contributed by atoms with E-state index in [1.807, 2.05) is 18.2 Å². The SMILES string of the molecule is CN1CC(c2ccccc2)C2(CCN(C(=O)[C@H](NC(=O)c3cc(C(F)(F)F)ccc3F)c3ccccc3)CC2)CC1=O. The van der Waals surface area contributed by atoms with Crippen molar-refractivity contribution in [1.82, 2.24) is 15.1 Å². The highest BCUT2D eigenvalue weighted by molar-refractivity contribution is 5.98. The molecule has 2 atom stereocenters. The van der Waals surface area contributed by atoms with Crippen molar-refractivity contribution in [3.63, 3.8) is 0 Å². The van der Waals surface area contributed by atoms with Crippen molar-refractivity contribution in [2.24, 2.45) is 5.41 Å². The van der Waals surface area contributed by atoms with Crippen LogP contribution in [0.5, 0.6) is 0 Å². The number of nitrogens with zero attached hydrogens (tertiary/aromatic N) is 2. The lowest BCUT2D eigenvalue weighted by molar-refractivity contribution is -0.143. The fourth-order valence-corrected chi connectivity index (χ4v) is 6.17. The number of piperidine rings is 2. The average molecular weight is 582 g/mol. The molecule has 3 amide bonds. The van der Waals surface area contributed by atoms with Gasteiger partial charge in [0.15, 0.2) is 0 Å². The Balaban J connectivity index is 1.38. The van der Waals surface area contributed by atoms with Crippen molar-refractivity contribution in [2.45, 2.75) is 37.4 Å². The second-order valence-corrected chi connectivity index (χ2v) is 11.1. The summed E-state index contributed by atoms with van der Waals surface area (Å²) in [6.07, 6.45) is -3.28. The minimum Gasteiger partial charge on any atom is -0.345 e. The quantitative estimate of drug-likeness (QED) is 0.401. The molecule has 0 saturated carbocycles. The number of carbonyl (C=O) groups excluding carboxylic acids is 3. The first kappa shape index (κ1) is 29.3. The fraction of sp³-hybridized carbons (Fsp3) is 0.344. The summed E-state index contributed by atoms with van der Waals surface area (Å²) < 4.78 is 54.3. The van der Waals surface area contributed by atoms with E-state index in [-0.39, 0.29) is 17.2 Å². The van der Waals surface area contributed by atoms with E-state index < -0.39 is 41.0 Å². The number of hydrogen-bond acceptors (Lipinski definition) is 3. The smallest absolute Gasteiger partial charge is 0.345 e. The summed E-state index contributed by atoms with van der Waals surface area (Å²) in [4.78, 5) is 43.1. The number of rotatable bonds is 5. The number of carbonyl (C=O) groups is 3. The van der Waals surface area contributed by atoms with Gasteiger partial charge >= 0.3 is 6.18 Å². The highest BCUT2D eigenvalue weighted by Crippen LogP contribution is 2.50. The molecule has 1 N–H and O–H groups in total.